The lowest BCUT2D eigenvalue weighted by molar-refractivity contribution is 0.916. The number of imidazole rings is 1. The molecule has 3 heterocycles. The molecule has 2 N–H and O–H groups in total. The van der Waals surface area contributed by atoms with E-state index in [1.807, 2.05) is 39.0 Å². The third-order valence-corrected chi connectivity index (χ3v) is 6.48. The number of H-pyrrole nitrogens is 2. The molecule has 1 atom stereocenters. The van der Waals surface area contributed by atoms with E-state index in [4.69, 9.17) is 11.6 Å². The molecule has 8 heteroatoms. The molecule has 1 aromatic carbocycles. The van der Waals surface area contributed by atoms with E-state index < -0.39 is 0 Å². The summed E-state index contributed by atoms with van der Waals surface area (Å²) >= 11 is 9.09. The lowest BCUT2D eigenvalue weighted by Gasteiger charge is -2.08. The van der Waals surface area contributed by atoms with Crippen LogP contribution in [0, 0.1) is 13.8 Å². The highest BCUT2D eigenvalue weighted by Gasteiger charge is 2.17. The quantitative estimate of drug-likeness (QED) is 0.483. The van der Waals surface area contributed by atoms with E-state index in [0.29, 0.717) is 16.2 Å². The topological polar surface area (TPSA) is 74.4 Å². The van der Waals surface area contributed by atoms with Gasteiger partial charge >= 0.3 is 0 Å². The summed E-state index contributed by atoms with van der Waals surface area (Å²) < 4.78 is 0. The Morgan fingerprint density at radius 1 is 1.24 bits per heavy atom. The van der Waals surface area contributed by atoms with Crippen LogP contribution >= 0.6 is 34.7 Å². The first-order valence-electron chi connectivity index (χ1n) is 7.74. The maximum absolute atomic E-state index is 12.4. The maximum atomic E-state index is 12.4. The van der Waals surface area contributed by atoms with Gasteiger partial charge in [0.05, 0.1) is 21.7 Å². The molecule has 0 amide bonds. The first-order valence-corrected chi connectivity index (χ1v) is 9.81. The van der Waals surface area contributed by atoms with E-state index in [1.54, 1.807) is 11.3 Å². The summed E-state index contributed by atoms with van der Waals surface area (Å²) in [6.07, 6.45) is 0. The van der Waals surface area contributed by atoms with Crippen molar-refractivity contribution in [2.24, 2.45) is 0 Å². The van der Waals surface area contributed by atoms with Gasteiger partial charge in [-0.25, -0.2) is 9.97 Å². The SMILES string of the molecule is Cc1sc2nc(C(C)Sc3nc4ccc(Cl)cc4[nH]3)[nH]c(=O)c2c1C. The Morgan fingerprint density at radius 2 is 2.04 bits per heavy atom. The molecule has 0 aliphatic rings. The van der Waals surface area contributed by atoms with Crippen LogP contribution in [0.3, 0.4) is 0 Å². The van der Waals surface area contributed by atoms with Crippen LogP contribution in [0.25, 0.3) is 21.3 Å². The Balaban J connectivity index is 1.69. The average Bonchev–Trinajstić information content (AvgIpc) is 3.07. The number of rotatable bonds is 3. The molecule has 3 aromatic heterocycles. The fraction of sp³-hybridized carbons (Fsp3) is 0.235. The molecule has 0 aliphatic carbocycles. The van der Waals surface area contributed by atoms with Gasteiger partial charge < -0.3 is 9.97 Å². The molecule has 0 fully saturated rings. The second-order valence-electron chi connectivity index (χ2n) is 5.88. The lowest BCUT2D eigenvalue weighted by Crippen LogP contribution is -2.12. The van der Waals surface area contributed by atoms with Crippen molar-refractivity contribution in [2.75, 3.05) is 0 Å². The van der Waals surface area contributed by atoms with Gasteiger partial charge in [0.1, 0.15) is 10.7 Å². The van der Waals surface area contributed by atoms with Crippen molar-refractivity contribution in [1.82, 2.24) is 19.9 Å². The molecule has 0 spiro atoms. The predicted molar refractivity (Wildman–Crippen MR) is 105 cm³/mol. The number of nitrogens with one attached hydrogen (secondary N) is 2. The van der Waals surface area contributed by atoms with Crippen molar-refractivity contribution >= 4 is 55.9 Å². The molecule has 0 radical (unpaired) electrons. The molecule has 0 bridgehead atoms. The largest absolute Gasteiger partial charge is 0.333 e. The number of benzene rings is 1. The van der Waals surface area contributed by atoms with E-state index in [9.17, 15) is 4.79 Å². The fourth-order valence-electron chi connectivity index (χ4n) is 2.70. The normalized spacial score (nSPS) is 13.0. The monoisotopic (exact) mass is 390 g/mol. The van der Waals surface area contributed by atoms with Crippen molar-refractivity contribution in [1.29, 1.82) is 0 Å². The number of thiophene rings is 1. The Labute approximate surface area is 156 Å². The summed E-state index contributed by atoms with van der Waals surface area (Å²) in [5, 5.41) is 2.09. The standard InChI is InChI=1S/C17H15ClN4OS2/c1-7-8(2)24-16-13(7)15(23)21-14(22-16)9(3)25-17-19-11-5-4-10(18)6-12(11)20-17/h4-6,9H,1-3H3,(H,19,20)(H,21,22,23). The Morgan fingerprint density at radius 3 is 2.84 bits per heavy atom. The number of hydrogen-bond donors (Lipinski definition) is 2. The molecule has 0 aliphatic heterocycles. The lowest BCUT2D eigenvalue weighted by atomic mass is 10.2. The fourth-order valence-corrected chi connectivity index (χ4v) is 4.79. The average molecular weight is 391 g/mol. The second kappa shape index (κ2) is 6.16. The molecule has 4 aromatic rings. The molecular weight excluding hydrogens is 376 g/mol. The molecule has 0 saturated carbocycles. The second-order valence-corrected chi connectivity index (χ2v) is 8.85. The summed E-state index contributed by atoms with van der Waals surface area (Å²) in [5.41, 5.74) is 2.68. The van der Waals surface area contributed by atoms with E-state index in [-0.39, 0.29) is 10.8 Å². The van der Waals surface area contributed by atoms with Gasteiger partial charge in [-0.1, -0.05) is 23.4 Å². The van der Waals surface area contributed by atoms with Gasteiger partial charge in [-0.3, -0.25) is 4.79 Å². The molecule has 5 nitrogen and oxygen atoms in total. The third kappa shape index (κ3) is 2.96. The Hall–Kier alpha value is -1.83. The highest BCUT2D eigenvalue weighted by Crippen LogP contribution is 2.34. The van der Waals surface area contributed by atoms with E-state index in [2.05, 4.69) is 19.9 Å². The van der Waals surface area contributed by atoms with Crippen LogP contribution in [0.15, 0.2) is 28.2 Å². The number of aryl methyl sites for hydroxylation is 2. The van der Waals surface area contributed by atoms with Crippen molar-refractivity contribution in [3.8, 4) is 0 Å². The summed E-state index contributed by atoms with van der Waals surface area (Å²) in [7, 11) is 0. The van der Waals surface area contributed by atoms with Crippen LogP contribution in [-0.4, -0.2) is 19.9 Å². The summed E-state index contributed by atoms with van der Waals surface area (Å²) in [4.78, 5) is 29.7. The van der Waals surface area contributed by atoms with Crippen LogP contribution in [0.4, 0.5) is 0 Å². The maximum Gasteiger partial charge on any atom is 0.259 e. The summed E-state index contributed by atoms with van der Waals surface area (Å²) in [6.45, 7) is 5.98. The number of thioether (sulfide) groups is 1. The Bertz CT molecular complexity index is 1160. The van der Waals surface area contributed by atoms with Crippen molar-refractivity contribution in [2.45, 2.75) is 31.2 Å². The smallest absolute Gasteiger partial charge is 0.259 e. The third-order valence-electron chi connectivity index (χ3n) is 4.15. The zero-order valence-corrected chi connectivity index (χ0v) is 16.2. The van der Waals surface area contributed by atoms with Crippen LogP contribution in [0.1, 0.15) is 28.4 Å². The summed E-state index contributed by atoms with van der Waals surface area (Å²) in [6, 6.07) is 5.55. The van der Waals surface area contributed by atoms with E-state index in [1.165, 1.54) is 11.8 Å². The summed E-state index contributed by atoms with van der Waals surface area (Å²) in [5.74, 6) is 0.655. The first kappa shape index (κ1) is 16.6. The van der Waals surface area contributed by atoms with Crippen LogP contribution in [0.5, 0.6) is 0 Å². The number of nitrogens with zero attached hydrogens (tertiary/aromatic N) is 2. The molecule has 4 rings (SSSR count). The number of hydrogen-bond acceptors (Lipinski definition) is 5. The van der Waals surface area contributed by atoms with Crippen molar-refractivity contribution in [3.63, 3.8) is 0 Å². The minimum Gasteiger partial charge on any atom is -0.333 e. The van der Waals surface area contributed by atoms with Crippen LogP contribution in [0.2, 0.25) is 5.02 Å². The van der Waals surface area contributed by atoms with Crippen LogP contribution in [-0.2, 0) is 0 Å². The van der Waals surface area contributed by atoms with Crippen molar-refractivity contribution in [3.05, 3.63) is 49.8 Å². The number of fused-ring (bicyclic) bond motifs is 2. The molecule has 1 unspecified atom stereocenters. The van der Waals surface area contributed by atoms with E-state index in [0.717, 1.165) is 31.5 Å². The van der Waals surface area contributed by atoms with Gasteiger partial charge in [0.15, 0.2) is 5.16 Å². The van der Waals surface area contributed by atoms with Gasteiger partial charge in [0, 0.05) is 9.90 Å². The van der Waals surface area contributed by atoms with Gasteiger partial charge in [0.25, 0.3) is 5.56 Å². The number of aromatic amines is 2. The first-order chi connectivity index (χ1) is 11.9. The minimum atomic E-state index is -0.0781. The molecular formula is C17H15ClN4OS2. The predicted octanol–water partition coefficient (Wildman–Crippen LogP) is 4.98. The van der Waals surface area contributed by atoms with Gasteiger partial charge in [-0.05, 0) is 44.5 Å². The zero-order valence-electron chi connectivity index (χ0n) is 13.8. The molecule has 25 heavy (non-hydrogen) atoms. The Kier molecular flexibility index (Phi) is 4.10. The highest BCUT2D eigenvalue weighted by atomic mass is 35.5. The van der Waals surface area contributed by atoms with Gasteiger partial charge in [-0.2, -0.15) is 0 Å². The van der Waals surface area contributed by atoms with Crippen molar-refractivity contribution < 1.29 is 0 Å². The van der Waals surface area contributed by atoms with Gasteiger partial charge in [-0.15, -0.1) is 11.3 Å². The molecule has 0 saturated heterocycles. The number of aromatic nitrogens is 4. The van der Waals surface area contributed by atoms with Crippen LogP contribution < -0.4 is 5.56 Å². The number of halogens is 1. The van der Waals surface area contributed by atoms with Gasteiger partial charge in [0.2, 0.25) is 0 Å². The van der Waals surface area contributed by atoms with E-state index >= 15 is 0 Å². The zero-order chi connectivity index (χ0) is 17.7. The highest BCUT2D eigenvalue weighted by molar-refractivity contribution is 7.99. The molecule has 128 valence electrons. The minimum absolute atomic E-state index is 0.0455.